The van der Waals surface area contributed by atoms with Crippen LogP contribution < -0.4 is 10.9 Å². The van der Waals surface area contributed by atoms with E-state index in [9.17, 15) is 18.8 Å². The lowest BCUT2D eigenvalue weighted by Crippen LogP contribution is -2.42. The second-order valence-electron chi connectivity index (χ2n) is 7.38. The number of carbonyl (C=O) groups is 2. The van der Waals surface area contributed by atoms with Crippen LogP contribution >= 0.6 is 0 Å². The van der Waals surface area contributed by atoms with Gasteiger partial charge in [0.15, 0.2) is 5.57 Å². The van der Waals surface area contributed by atoms with Gasteiger partial charge in [-0.3, -0.25) is 9.36 Å². The van der Waals surface area contributed by atoms with Gasteiger partial charge in [-0.1, -0.05) is 18.2 Å². The summed E-state index contributed by atoms with van der Waals surface area (Å²) in [5.74, 6) is -3.32. The zero-order chi connectivity index (χ0) is 22.2. The van der Waals surface area contributed by atoms with Crippen LogP contribution in [0.5, 0.6) is 0 Å². The molecule has 0 atom stereocenters. The maximum absolute atomic E-state index is 13.9. The number of nitrogens with zero attached hydrogens (tertiary/aromatic N) is 2. The molecule has 1 fully saturated rings. The van der Waals surface area contributed by atoms with Crippen LogP contribution in [-0.4, -0.2) is 27.3 Å². The second kappa shape index (κ2) is 7.67. The summed E-state index contributed by atoms with van der Waals surface area (Å²) >= 11 is 0. The highest BCUT2D eigenvalue weighted by molar-refractivity contribution is 6.15. The Labute approximate surface area is 175 Å². The summed E-state index contributed by atoms with van der Waals surface area (Å²) in [6.45, 7) is 2.98. The lowest BCUT2D eigenvalue weighted by atomic mass is 10.2. The number of anilines is 1. The third-order valence-electron chi connectivity index (χ3n) is 4.62. The van der Waals surface area contributed by atoms with E-state index in [2.05, 4.69) is 10.3 Å². The number of carbonyl (C=O) groups excluding carboxylic acids is 2. The SMILES string of the molecule is CC1(C)OC(=O)C(=CNc2ccc3c(=O)n(Cc4ccccc4F)cnc3c2)C(=O)O1. The summed E-state index contributed by atoms with van der Waals surface area (Å²) in [5, 5.41) is 3.16. The van der Waals surface area contributed by atoms with Crippen molar-refractivity contribution in [2.45, 2.75) is 26.2 Å². The second-order valence-corrected chi connectivity index (χ2v) is 7.38. The van der Waals surface area contributed by atoms with E-state index in [1.807, 2.05) is 0 Å². The Morgan fingerprint density at radius 3 is 2.52 bits per heavy atom. The van der Waals surface area contributed by atoms with Crippen LogP contribution in [0.4, 0.5) is 10.1 Å². The monoisotopic (exact) mass is 423 g/mol. The summed E-state index contributed by atoms with van der Waals surface area (Å²) in [6.07, 6.45) is 2.53. The Morgan fingerprint density at radius 1 is 1.10 bits per heavy atom. The predicted octanol–water partition coefficient (Wildman–Crippen LogP) is 2.72. The van der Waals surface area contributed by atoms with E-state index in [1.165, 1.54) is 37.0 Å². The van der Waals surface area contributed by atoms with Gasteiger partial charge < -0.3 is 14.8 Å². The lowest BCUT2D eigenvalue weighted by molar-refractivity contribution is -0.222. The molecule has 1 aliphatic rings. The Bertz CT molecular complexity index is 1270. The topological polar surface area (TPSA) is 99.5 Å². The first-order chi connectivity index (χ1) is 14.7. The molecule has 3 aromatic rings. The van der Waals surface area contributed by atoms with Crippen molar-refractivity contribution >= 4 is 28.5 Å². The molecule has 1 aliphatic heterocycles. The van der Waals surface area contributed by atoms with Crippen molar-refractivity contribution in [2.75, 3.05) is 5.32 Å². The number of rotatable bonds is 4. The first kappa shape index (κ1) is 20.3. The molecule has 158 valence electrons. The average Bonchev–Trinajstić information content (AvgIpc) is 2.70. The molecule has 0 bridgehead atoms. The number of esters is 2. The molecular weight excluding hydrogens is 405 g/mol. The number of fused-ring (bicyclic) bond motifs is 1. The number of hydrogen-bond acceptors (Lipinski definition) is 7. The minimum atomic E-state index is -1.32. The van der Waals surface area contributed by atoms with Gasteiger partial charge in [0.05, 0.1) is 23.8 Å². The standard InChI is InChI=1S/C22H18FN3O5/c1-22(2)30-20(28)16(21(29)31-22)10-24-14-7-8-15-18(9-14)25-12-26(19(15)27)11-13-5-3-4-6-17(13)23/h3-10,12,24H,11H2,1-2H3. The molecular formula is C22H18FN3O5. The third kappa shape index (κ3) is 4.16. The van der Waals surface area contributed by atoms with E-state index in [0.717, 1.165) is 0 Å². The van der Waals surface area contributed by atoms with Gasteiger partial charge >= 0.3 is 11.9 Å². The molecule has 2 aromatic carbocycles. The summed E-state index contributed by atoms with van der Waals surface area (Å²) in [5.41, 5.74) is 0.662. The average molecular weight is 423 g/mol. The number of cyclic esters (lactones) is 2. The summed E-state index contributed by atoms with van der Waals surface area (Å²) in [7, 11) is 0. The van der Waals surface area contributed by atoms with E-state index in [-0.39, 0.29) is 17.7 Å². The summed E-state index contributed by atoms with van der Waals surface area (Å²) in [6, 6.07) is 11.0. The number of nitrogens with one attached hydrogen (secondary N) is 1. The Balaban J connectivity index is 1.58. The van der Waals surface area contributed by atoms with Crippen LogP contribution in [0.3, 0.4) is 0 Å². The van der Waals surface area contributed by atoms with Gasteiger partial charge in [0, 0.05) is 31.3 Å². The van der Waals surface area contributed by atoms with Crippen LogP contribution in [0.15, 0.2) is 65.4 Å². The van der Waals surface area contributed by atoms with E-state index in [1.54, 1.807) is 36.4 Å². The zero-order valence-corrected chi connectivity index (χ0v) is 16.7. The largest absolute Gasteiger partial charge is 0.419 e. The number of hydrogen-bond donors (Lipinski definition) is 1. The molecule has 1 aromatic heterocycles. The molecule has 0 spiro atoms. The predicted molar refractivity (Wildman–Crippen MR) is 109 cm³/mol. The highest BCUT2D eigenvalue weighted by atomic mass is 19.1. The summed E-state index contributed by atoms with van der Waals surface area (Å²) in [4.78, 5) is 41.0. The van der Waals surface area contributed by atoms with E-state index in [4.69, 9.17) is 9.47 Å². The maximum Gasteiger partial charge on any atom is 0.350 e. The van der Waals surface area contributed by atoms with Gasteiger partial charge in [-0.2, -0.15) is 0 Å². The van der Waals surface area contributed by atoms with E-state index in [0.29, 0.717) is 22.2 Å². The van der Waals surface area contributed by atoms with Crippen LogP contribution in [0, 0.1) is 5.82 Å². The van der Waals surface area contributed by atoms with E-state index >= 15 is 0 Å². The molecule has 0 aliphatic carbocycles. The quantitative estimate of drug-likeness (QED) is 0.391. The molecule has 31 heavy (non-hydrogen) atoms. The zero-order valence-electron chi connectivity index (χ0n) is 16.7. The fraction of sp³-hybridized carbons (Fsp3) is 0.182. The highest BCUT2D eigenvalue weighted by Gasteiger charge is 2.38. The molecule has 4 rings (SSSR count). The fourth-order valence-electron chi connectivity index (χ4n) is 3.10. The first-order valence-corrected chi connectivity index (χ1v) is 9.39. The van der Waals surface area contributed by atoms with Crippen molar-refractivity contribution < 1.29 is 23.5 Å². The van der Waals surface area contributed by atoms with Crippen LogP contribution in [0.1, 0.15) is 19.4 Å². The highest BCUT2D eigenvalue weighted by Crippen LogP contribution is 2.23. The number of halogens is 1. The van der Waals surface area contributed by atoms with Crippen molar-refractivity contribution in [1.29, 1.82) is 0 Å². The van der Waals surface area contributed by atoms with Crippen molar-refractivity contribution in [3.63, 3.8) is 0 Å². The maximum atomic E-state index is 13.9. The van der Waals surface area contributed by atoms with Crippen molar-refractivity contribution in [2.24, 2.45) is 0 Å². The smallest absolute Gasteiger partial charge is 0.350 e. The first-order valence-electron chi connectivity index (χ1n) is 9.39. The minimum Gasteiger partial charge on any atom is -0.419 e. The third-order valence-corrected chi connectivity index (χ3v) is 4.62. The normalized spacial score (nSPS) is 15.4. The molecule has 1 saturated heterocycles. The van der Waals surface area contributed by atoms with Crippen LogP contribution in [0.2, 0.25) is 0 Å². The van der Waals surface area contributed by atoms with Gasteiger partial charge in [0.25, 0.3) is 11.3 Å². The fourth-order valence-corrected chi connectivity index (χ4v) is 3.10. The molecule has 2 heterocycles. The molecule has 0 saturated carbocycles. The van der Waals surface area contributed by atoms with Crippen molar-refractivity contribution in [3.8, 4) is 0 Å². The molecule has 0 radical (unpaired) electrons. The summed E-state index contributed by atoms with van der Waals surface area (Å²) < 4.78 is 25.3. The van der Waals surface area contributed by atoms with Gasteiger partial charge in [0.2, 0.25) is 0 Å². The lowest BCUT2D eigenvalue weighted by Gasteiger charge is -2.29. The van der Waals surface area contributed by atoms with Crippen molar-refractivity contribution in [3.05, 3.63) is 82.3 Å². The Morgan fingerprint density at radius 2 is 1.81 bits per heavy atom. The van der Waals surface area contributed by atoms with Gasteiger partial charge in [0.1, 0.15) is 5.82 Å². The number of ether oxygens (including phenoxy) is 2. The van der Waals surface area contributed by atoms with Gasteiger partial charge in [-0.15, -0.1) is 0 Å². The molecule has 8 nitrogen and oxygen atoms in total. The Hall–Kier alpha value is -4.01. The number of benzene rings is 2. The Kier molecular flexibility index (Phi) is 5.02. The van der Waals surface area contributed by atoms with Gasteiger partial charge in [-0.05, 0) is 24.3 Å². The van der Waals surface area contributed by atoms with Crippen LogP contribution in [-0.2, 0) is 25.6 Å². The number of aromatic nitrogens is 2. The molecule has 9 heteroatoms. The molecule has 0 amide bonds. The minimum absolute atomic E-state index is 0.0567. The van der Waals surface area contributed by atoms with Crippen molar-refractivity contribution in [1.82, 2.24) is 9.55 Å². The van der Waals surface area contributed by atoms with E-state index < -0.39 is 23.5 Å². The molecule has 1 N–H and O–H groups in total. The molecule has 0 unspecified atom stereocenters. The van der Waals surface area contributed by atoms with Gasteiger partial charge in [-0.25, -0.2) is 19.0 Å². The van der Waals surface area contributed by atoms with Crippen LogP contribution in [0.25, 0.3) is 10.9 Å².